The van der Waals surface area contributed by atoms with Crippen LogP contribution in [0.1, 0.15) is 67.6 Å². The van der Waals surface area contributed by atoms with Gasteiger partial charge in [-0.25, -0.2) is 24.0 Å². The molecule has 784 valence electrons. The van der Waals surface area contributed by atoms with Crippen molar-refractivity contribution in [2.75, 3.05) is 48.7 Å². The highest BCUT2D eigenvalue weighted by Gasteiger charge is 2.64. The number of nitrogens with zero attached hydrogens (tertiary/aromatic N) is 3. The van der Waals surface area contributed by atoms with E-state index in [0.29, 0.717) is 38.9 Å². The number of azide groups is 1. The lowest BCUT2D eigenvalue weighted by Crippen LogP contribution is -2.70. The number of carbonyl (C=O) groups excluding carboxylic acids is 5. The number of rotatable bonds is 51. The molecule has 0 amide bonds. The summed E-state index contributed by atoms with van der Waals surface area (Å²) in [5.41, 5.74) is 16.7. The molecule has 0 aromatic heterocycles. The SMILES string of the molecule is COC(=O)C1OC(OC2C(C(=O)OC)OC(OC3C(C(=O)OC)OC(OC4C(C(=O)OC)OC(OC5C(C(=O)OC)OC(OCCCN=[N+]=[N-])C(OCc6ccccc6)C5OCc5ccccc5)C(OCc5ccccc5)C4OCc4ccccc4)C(OCc4ccccc4)C3OCc3ccccc3)C(OCc3ccccc3)C2OCc2ccccc2)C(OCc2ccccc2)C(OCc2ccccc2)C1OCc1ccccc1. The number of hydrogen-bond acceptors (Lipinski definition) is 32. The molecule has 0 spiro atoms. The van der Waals surface area contributed by atoms with Crippen molar-refractivity contribution >= 4 is 29.8 Å². The Balaban J connectivity index is 0.828. The van der Waals surface area contributed by atoms with E-state index in [1.54, 1.807) is 0 Å². The average molecular weight is 2040 g/mol. The maximum atomic E-state index is 16.0. The summed E-state index contributed by atoms with van der Waals surface area (Å²) in [6.07, 6.45) is -41.7. The van der Waals surface area contributed by atoms with Crippen molar-refractivity contribution in [2.45, 2.75) is 233 Å². The van der Waals surface area contributed by atoms with E-state index in [2.05, 4.69) is 10.0 Å². The molecule has 11 aromatic carbocycles. The van der Waals surface area contributed by atoms with Crippen molar-refractivity contribution in [2.24, 2.45) is 5.11 Å². The standard InChI is InChI=1S/C115H123N3O31/c1-124-106(119)96-86(130-64-75-40-17-6-18-41-75)87(131-65-76-42-19-7-20-43-76)102(137-71-82-54-31-13-32-55-82)112(146-96)142-93-89(133-67-78-46-23-9-24-47-78)104(139-73-84-58-35-15-36-59-84)114(148-98(93)108(121)126-3)144-95-91(135-69-80-50-27-11-28-51-80)105(140-74-85-60-37-16-38-61-85)115(149-100(95)110(123)128-5)143-94-90(134-68-79-48-25-10-26-49-79)103(138-72-83-56-33-14-34-57-83)113(147-99(94)109(122)127-4)141-92-88(132-66-77-44-21-8-22-45-77)101(136-70-81-52-29-12-30-53-81)111(129-63-39-62-117-118-116)145-97(92)107(120)125-2/h6-38,40-61,86-105,111-115H,39,62-74H2,1-5H3. The molecular weight excluding hydrogens is 1920 g/mol. The van der Waals surface area contributed by atoms with Crippen LogP contribution in [0.15, 0.2) is 339 Å². The lowest BCUT2D eigenvalue weighted by molar-refractivity contribution is -0.398. The minimum Gasteiger partial charge on any atom is -0.467 e. The second-order valence-electron chi connectivity index (χ2n) is 35.7. The molecule has 25 unspecified atom stereocenters. The van der Waals surface area contributed by atoms with E-state index in [0.717, 1.165) is 43.6 Å². The molecule has 25 atom stereocenters. The highest BCUT2D eigenvalue weighted by molar-refractivity contribution is 5.78. The highest BCUT2D eigenvalue weighted by Crippen LogP contribution is 2.44. The van der Waals surface area contributed by atoms with Crippen LogP contribution in [0.25, 0.3) is 10.4 Å². The monoisotopic (exact) mass is 2040 g/mol. The summed E-state index contributed by atoms with van der Waals surface area (Å²) >= 11 is 0. The zero-order valence-electron chi connectivity index (χ0n) is 83.1. The molecule has 0 aliphatic carbocycles. The zero-order chi connectivity index (χ0) is 103. The summed E-state index contributed by atoms with van der Waals surface area (Å²) in [7, 11) is 5.81. The van der Waals surface area contributed by atoms with Gasteiger partial charge in [0.2, 0.25) is 0 Å². The smallest absolute Gasteiger partial charge is 0.337 e. The maximum Gasteiger partial charge on any atom is 0.337 e. The van der Waals surface area contributed by atoms with Gasteiger partial charge in [-0.3, -0.25) is 0 Å². The molecule has 11 aromatic rings. The Bertz CT molecular complexity index is 5880. The Hall–Kier alpha value is -12.8. The van der Waals surface area contributed by atoms with E-state index in [1.165, 1.54) is 14.2 Å². The average Bonchev–Trinajstić information content (AvgIpc) is 0.742. The predicted octanol–water partition coefficient (Wildman–Crippen LogP) is 15.2. The molecule has 149 heavy (non-hydrogen) atoms. The molecule has 16 rings (SSSR count). The van der Waals surface area contributed by atoms with Crippen LogP contribution in [0, 0.1) is 0 Å². The van der Waals surface area contributed by atoms with Gasteiger partial charge in [0.15, 0.2) is 62.0 Å². The largest absolute Gasteiger partial charge is 0.467 e. The maximum absolute atomic E-state index is 16.0. The third-order valence-electron chi connectivity index (χ3n) is 25.7. The van der Waals surface area contributed by atoms with Gasteiger partial charge in [0.1, 0.15) is 91.6 Å². The summed E-state index contributed by atoms with van der Waals surface area (Å²) in [4.78, 5) is 80.4. The highest BCUT2D eigenvalue weighted by atomic mass is 16.8. The van der Waals surface area contributed by atoms with Crippen LogP contribution in [-0.4, -0.2) is 232 Å². The second-order valence-corrected chi connectivity index (χ2v) is 35.7. The van der Waals surface area contributed by atoms with Crippen LogP contribution in [0.5, 0.6) is 0 Å². The lowest BCUT2D eigenvalue weighted by Gasteiger charge is -2.52. The van der Waals surface area contributed by atoms with Gasteiger partial charge in [0, 0.05) is 18.1 Å². The molecule has 0 bridgehead atoms. The van der Waals surface area contributed by atoms with Crippen molar-refractivity contribution in [3.63, 3.8) is 0 Å². The van der Waals surface area contributed by atoms with Crippen molar-refractivity contribution in [3.8, 4) is 0 Å². The number of methoxy groups -OCH3 is 5. The molecule has 5 aliphatic rings. The minimum atomic E-state index is -2.05. The Morgan fingerprint density at radius 1 is 0.215 bits per heavy atom. The van der Waals surface area contributed by atoms with Crippen LogP contribution >= 0.6 is 0 Å². The number of esters is 5. The normalized spacial score (nSPS) is 26.8. The molecule has 34 heteroatoms. The van der Waals surface area contributed by atoms with Crippen LogP contribution in [0.4, 0.5) is 0 Å². The number of carbonyl (C=O) groups is 5. The summed E-state index contributed by atoms with van der Waals surface area (Å²) in [5.74, 6) is -5.09. The number of hydrogen-bond donors (Lipinski definition) is 0. The molecule has 5 fully saturated rings. The molecular formula is C115H123N3O31. The van der Waals surface area contributed by atoms with Gasteiger partial charge in [-0.2, -0.15) is 0 Å². The van der Waals surface area contributed by atoms with Crippen molar-refractivity contribution in [3.05, 3.63) is 405 Å². The van der Waals surface area contributed by atoms with Gasteiger partial charge in [0.05, 0.1) is 108 Å². The predicted molar refractivity (Wildman–Crippen MR) is 533 cm³/mol. The van der Waals surface area contributed by atoms with Gasteiger partial charge >= 0.3 is 29.8 Å². The summed E-state index contributed by atoms with van der Waals surface area (Å²) in [6.45, 7) is -1.79. The fourth-order valence-electron chi connectivity index (χ4n) is 18.2. The Morgan fingerprint density at radius 3 is 0.550 bits per heavy atom. The second kappa shape index (κ2) is 56.7. The van der Waals surface area contributed by atoms with E-state index in [-0.39, 0.29) is 92.2 Å². The quantitative estimate of drug-likeness (QED) is 0.00853. The van der Waals surface area contributed by atoms with E-state index in [4.69, 9.17) is 123 Å². The van der Waals surface area contributed by atoms with Crippen LogP contribution in [-0.2, 0) is 220 Å². The first-order valence-electron chi connectivity index (χ1n) is 49.4. The van der Waals surface area contributed by atoms with Crippen molar-refractivity contribution in [1.82, 2.24) is 0 Å². The van der Waals surface area contributed by atoms with Gasteiger partial charge in [0.25, 0.3) is 0 Å². The Kier molecular flexibility index (Phi) is 41.5. The van der Waals surface area contributed by atoms with Crippen LogP contribution < -0.4 is 0 Å². The van der Waals surface area contributed by atoms with Gasteiger partial charge in [-0.15, -0.1) is 0 Å². The fourth-order valence-corrected chi connectivity index (χ4v) is 18.2. The molecule has 34 nitrogen and oxygen atoms in total. The number of ether oxygens (including phenoxy) is 26. The van der Waals surface area contributed by atoms with E-state index < -0.39 is 183 Å². The Labute approximate surface area is 864 Å². The van der Waals surface area contributed by atoms with E-state index >= 15 is 19.2 Å². The van der Waals surface area contributed by atoms with E-state index in [9.17, 15) is 10.3 Å². The third kappa shape index (κ3) is 29.9. The third-order valence-corrected chi connectivity index (χ3v) is 25.7. The summed E-state index contributed by atoms with van der Waals surface area (Å²) in [6, 6.07) is 101. The van der Waals surface area contributed by atoms with Crippen molar-refractivity contribution in [1.29, 1.82) is 0 Å². The van der Waals surface area contributed by atoms with Crippen molar-refractivity contribution < 1.29 is 147 Å². The summed E-state index contributed by atoms with van der Waals surface area (Å²) in [5, 5.41) is 3.71. The lowest BCUT2D eigenvalue weighted by atomic mass is 9.94. The molecule has 0 radical (unpaired) electrons. The van der Waals surface area contributed by atoms with E-state index in [1.807, 2.05) is 334 Å². The minimum absolute atomic E-state index is 0.0414. The first-order chi connectivity index (χ1) is 73.2. The molecule has 5 heterocycles. The topological polar surface area (TPSA) is 374 Å². The first-order valence-corrected chi connectivity index (χ1v) is 49.4. The molecule has 5 saturated heterocycles. The van der Waals surface area contributed by atoms with Gasteiger partial charge in [-0.1, -0.05) is 339 Å². The summed E-state index contributed by atoms with van der Waals surface area (Å²) < 4.78 is 180. The molecule has 0 N–H and O–H groups in total. The molecule has 5 aliphatic heterocycles. The number of benzene rings is 11. The van der Waals surface area contributed by atoms with Crippen LogP contribution in [0.3, 0.4) is 0 Å². The fraction of sp³-hybridized carbons (Fsp3) is 0.383. The molecule has 0 saturated carbocycles. The van der Waals surface area contributed by atoms with Gasteiger partial charge < -0.3 is 123 Å². The first kappa shape index (κ1) is 109. The Morgan fingerprint density at radius 2 is 0.369 bits per heavy atom. The van der Waals surface area contributed by atoms with Crippen LogP contribution in [0.2, 0.25) is 0 Å². The zero-order valence-corrected chi connectivity index (χ0v) is 83.1. The van der Waals surface area contributed by atoms with Gasteiger partial charge in [-0.05, 0) is 73.1 Å².